The largest absolute Gasteiger partial charge is 0.314 e. The van der Waals surface area contributed by atoms with E-state index in [9.17, 15) is 4.39 Å². The van der Waals surface area contributed by atoms with Crippen LogP contribution in [0.4, 0.5) is 4.39 Å². The molecule has 1 atom stereocenters. The van der Waals surface area contributed by atoms with Crippen LogP contribution in [0.2, 0.25) is 5.02 Å². The summed E-state index contributed by atoms with van der Waals surface area (Å²) in [4.78, 5) is 2.44. The maximum Gasteiger partial charge on any atom is 0.124 e. The minimum absolute atomic E-state index is 0.0544. The first-order chi connectivity index (χ1) is 8.89. The van der Waals surface area contributed by atoms with Crippen molar-refractivity contribution in [1.82, 2.24) is 10.2 Å². The van der Waals surface area contributed by atoms with Crippen LogP contribution >= 0.6 is 11.6 Å². The molecule has 0 unspecified atom stereocenters. The van der Waals surface area contributed by atoms with Crippen molar-refractivity contribution in [3.05, 3.63) is 34.6 Å². The summed E-state index contributed by atoms with van der Waals surface area (Å²) >= 11 is 6.27. The van der Waals surface area contributed by atoms with E-state index in [0.29, 0.717) is 5.02 Å². The zero-order chi connectivity index (χ0) is 14.0. The Hall–Kier alpha value is -0.640. The predicted octanol–water partition coefficient (Wildman–Crippen LogP) is 3.47. The number of rotatable bonds is 2. The van der Waals surface area contributed by atoms with E-state index in [1.807, 2.05) is 6.07 Å². The summed E-state index contributed by atoms with van der Waals surface area (Å²) < 4.78 is 13.2. The Morgan fingerprint density at radius 3 is 2.42 bits per heavy atom. The molecule has 1 aromatic rings. The van der Waals surface area contributed by atoms with Gasteiger partial charge < -0.3 is 5.32 Å². The molecule has 0 aliphatic carbocycles. The molecule has 0 aromatic heterocycles. The van der Waals surface area contributed by atoms with Gasteiger partial charge in [-0.25, -0.2) is 4.39 Å². The lowest BCUT2D eigenvalue weighted by Crippen LogP contribution is -2.48. The van der Waals surface area contributed by atoms with Crippen molar-refractivity contribution >= 4 is 11.6 Å². The van der Waals surface area contributed by atoms with Crippen LogP contribution in [0, 0.1) is 11.2 Å². The fourth-order valence-electron chi connectivity index (χ4n) is 2.87. The van der Waals surface area contributed by atoms with E-state index in [0.717, 1.165) is 31.7 Å². The normalized spacial score (nSPS) is 19.4. The average Bonchev–Trinajstić information content (AvgIpc) is 2.32. The van der Waals surface area contributed by atoms with Crippen molar-refractivity contribution in [3.8, 4) is 0 Å². The summed E-state index contributed by atoms with van der Waals surface area (Å²) in [5, 5.41) is 3.89. The van der Waals surface area contributed by atoms with Gasteiger partial charge in [0.2, 0.25) is 0 Å². The van der Waals surface area contributed by atoms with Crippen molar-refractivity contribution in [3.63, 3.8) is 0 Å². The van der Waals surface area contributed by atoms with Crippen molar-refractivity contribution in [2.45, 2.75) is 26.8 Å². The minimum atomic E-state index is -0.276. The number of hydrogen-bond acceptors (Lipinski definition) is 2. The van der Waals surface area contributed by atoms with Gasteiger partial charge in [-0.1, -0.05) is 38.4 Å². The van der Waals surface area contributed by atoms with E-state index in [1.165, 1.54) is 12.1 Å². The Morgan fingerprint density at radius 1 is 1.26 bits per heavy atom. The smallest absolute Gasteiger partial charge is 0.124 e. The lowest BCUT2D eigenvalue weighted by atomic mass is 9.81. The number of benzene rings is 1. The van der Waals surface area contributed by atoms with E-state index < -0.39 is 0 Å². The fraction of sp³-hybridized carbons (Fsp3) is 0.600. The molecular formula is C15H22ClFN2. The average molecular weight is 285 g/mol. The summed E-state index contributed by atoms with van der Waals surface area (Å²) in [5.41, 5.74) is 1.08. The molecule has 106 valence electrons. The summed E-state index contributed by atoms with van der Waals surface area (Å²) in [5.74, 6) is -0.276. The van der Waals surface area contributed by atoms with Crippen LogP contribution in [0.5, 0.6) is 0 Å². The van der Waals surface area contributed by atoms with Gasteiger partial charge >= 0.3 is 0 Å². The topological polar surface area (TPSA) is 15.3 Å². The third-order valence-electron chi connectivity index (χ3n) is 3.59. The first-order valence-corrected chi connectivity index (χ1v) is 7.17. The first kappa shape index (κ1) is 14.8. The third kappa shape index (κ3) is 3.47. The highest BCUT2D eigenvalue weighted by Crippen LogP contribution is 2.41. The van der Waals surface area contributed by atoms with Gasteiger partial charge in [-0.3, -0.25) is 4.90 Å². The number of halogens is 2. The highest BCUT2D eigenvalue weighted by molar-refractivity contribution is 6.31. The highest BCUT2D eigenvalue weighted by Gasteiger charge is 2.33. The van der Waals surface area contributed by atoms with E-state index in [4.69, 9.17) is 11.6 Å². The molecule has 1 aliphatic heterocycles. The molecule has 1 aliphatic rings. The molecule has 2 nitrogen and oxygen atoms in total. The molecule has 1 N–H and O–H groups in total. The van der Waals surface area contributed by atoms with Gasteiger partial charge in [-0.2, -0.15) is 0 Å². The Bertz CT molecular complexity index is 436. The maximum atomic E-state index is 13.2. The van der Waals surface area contributed by atoms with Crippen LogP contribution < -0.4 is 5.32 Å². The Kier molecular flexibility index (Phi) is 4.49. The quantitative estimate of drug-likeness (QED) is 0.895. The van der Waals surface area contributed by atoms with Gasteiger partial charge in [0.15, 0.2) is 0 Å². The molecule has 2 rings (SSSR count). The van der Waals surface area contributed by atoms with Gasteiger partial charge in [-0.05, 0) is 23.1 Å². The van der Waals surface area contributed by atoms with Crippen molar-refractivity contribution in [2.75, 3.05) is 26.2 Å². The summed E-state index contributed by atoms with van der Waals surface area (Å²) in [6.07, 6.45) is 0. The second-order valence-corrected chi connectivity index (χ2v) is 6.63. The molecule has 19 heavy (non-hydrogen) atoms. The SMILES string of the molecule is CC(C)(C)[C@H](c1ccc(F)cc1Cl)N1CCNCC1. The fourth-order valence-corrected chi connectivity index (χ4v) is 3.15. The standard InChI is InChI=1S/C15H22ClFN2/c1-15(2,3)14(19-8-6-18-7-9-19)12-5-4-11(17)10-13(12)16/h4-5,10,14,18H,6-9H2,1-3H3/t14-/m0/s1. The molecular weight excluding hydrogens is 263 g/mol. The zero-order valence-electron chi connectivity index (χ0n) is 11.8. The molecule has 0 saturated carbocycles. The molecule has 1 heterocycles. The second kappa shape index (κ2) is 5.78. The van der Waals surface area contributed by atoms with Gasteiger partial charge in [0.25, 0.3) is 0 Å². The van der Waals surface area contributed by atoms with Gasteiger partial charge in [0.1, 0.15) is 5.82 Å². The number of piperazine rings is 1. The Balaban J connectivity index is 2.36. The van der Waals surface area contributed by atoms with Crippen LogP contribution in [-0.4, -0.2) is 31.1 Å². The lowest BCUT2D eigenvalue weighted by molar-refractivity contribution is 0.0862. The number of nitrogens with one attached hydrogen (secondary N) is 1. The summed E-state index contributed by atoms with van der Waals surface area (Å²) in [7, 11) is 0. The Labute approximate surface area is 119 Å². The predicted molar refractivity (Wildman–Crippen MR) is 78.0 cm³/mol. The molecule has 0 spiro atoms. The van der Waals surface area contributed by atoms with Crippen molar-refractivity contribution in [1.29, 1.82) is 0 Å². The molecule has 0 amide bonds. The number of hydrogen-bond donors (Lipinski definition) is 1. The summed E-state index contributed by atoms with van der Waals surface area (Å²) in [6, 6.07) is 4.96. The molecule has 1 aromatic carbocycles. The van der Waals surface area contributed by atoms with Crippen LogP contribution in [0.25, 0.3) is 0 Å². The molecule has 0 bridgehead atoms. The maximum absolute atomic E-state index is 13.2. The second-order valence-electron chi connectivity index (χ2n) is 6.22. The Morgan fingerprint density at radius 2 is 1.89 bits per heavy atom. The van der Waals surface area contributed by atoms with Gasteiger partial charge in [-0.15, -0.1) is 0 Å². The monoisotopic (exact) mass is 284 g/mol. The third-order valence-corrected chi connectivity index (χ3v) is 3.92. The molecule has 1 saturated heterocycles. The lowest BCUT2D eigenvalue weighted by Gasteiger charge is -2.43. The van der Waals surface area contributed by atoms with E-state index in [1.54, 1.807) is 0 Å². The van der Waals surface area contributed by atoms with Crippen molar-refractivity contribution < 1.29 is 4.39 Å². The molecule has 4 heteroatoms. The summed E-state index contributed by atoms with van der Waals surface area (Å²) in [6.45, 7) is 10.6. The number of nitrogens with zero attached hydrogens (tertiary/aromatic N) is 1. The van der Waals surface area contributed by atoms with Crippen molar-refractivity contribution in [2.24, 2.45) is 5.41 Å². The minimum Gasteiger partial charge on any atom is -0.314 e. The van der Waals surface area contributed by atoms with Crippen LogP contribution in [0.1, 0.15) is 32.4 Å². The van der Waals surface area contributed by atoms with E-state index in [2.05, 4.69) is 31.0 Å². The molecule has 0 radical (unpaired) electrons. The molecule has 1 fully saturated rings. The van der Waals surface area contributed by atoms with E-state index >= 15 is 0 Å². The van der Waals surface area contributed by atoms with Crippen LogP contribution in [-0.2, 0) is 0 Å². The van der Waals surface area contributed by atoms with Crippen LogP contribution in [0.15, 0.2) is 18.2 Å². The first-order valence-electron chi connectivity index (χ1n) is 6.79. The zero-order valence-corrected chi connectivity index (χ0v) is 12.6. The van der Waals surface area contributed by atoms with E-state index in [-0.39, 0.29) is 17.3 Å². The highest BCUT2D eigenvalue weighted by atomic mass is 35.5. The van der Waals surface area contributed by atoms with Gasteiger partial charge in [0.05, 0.1) is 0 Å². The van der Waals surface area contributed by atoms with Gasteiger partial charge in [0, 0.05) is 37.2 Å². The van der Waals surface area contributed by atoms with Crippen LogP contribution in [0.3, 0.4) is 0 Å².